The molecule has 0 radical (unpaired) electrons. The summed E-state index contributed by atoms with van der Waals surface area (Å²) in [4.78, 5) is 8.71. The van der Waals surface area contributed by atoms with E-state index in [2.05, 4.69) is 38.9 Å². The van der Waals surface area contributed by atoms with Crippen LogP contribution in [-0.4, -0.2) is 47.7 Å². The Morgan fingerprint density at radius 3 is 2.76 bits per heavy atom. The third-order valence-electron chi connectivity index (χ3n) is 2.57. The van der Waals surface area contributed by atoms with Crippen molar-refractivity contribution in [2.24, 2.45) is 4.99 Å². The lowest BCUT2D eigenvalue weighted by molar-refractivity contribution is 0.374. The first-order valence-corrected chi connectivity index (χ1v) is 8.46. The van der Waals surface area contributed by atoms with Crippen LogP contribution >= 0.6 is 35.7 Å². The molecule has 122 valence electrons. The number of halogens is 1. The number of aromatic nitrogens is 2. The summed E-state index contributed by atoms with van der Waals surface area (Å²) in [6, 6.07) is 0. The molecule has 0 aromatic carbocycles. The van der Waals surface area contributed by atoms with Gasteiger partial charge in [-0.25, -0.2) is 0 Å². The molecule has 0 spiro atoms. The molecule has 0 aliphatic carbocycles. The normalized spacial score (nSPS) is 11.1. The number of aliphatic imine (C=N–C) groups is 1. The van der Waals surface area contributed by atoms with Crippen LogP contribution in [-0.2, 0) is 6.42 Å². The molecule has 0 aliphatic heterocycles. The van der Waals surface area contributed by atoms with Gasteiger partial charge in [0.05, 0.1) is 0 Å². The third kappa shape index (κ3) is 9.94. The van der Waals surface area contributed by atoms with Crippen LogP contribution in [0.3, 0.4) is 0 Å². The highest BCUT2D eigenvalue weighted by Gasteiger charge is 2.03. The zero-order valence-corrected chi connectivity index (χ0v) is 16.2. The first kappa shape index (κ1) is 20.5. The van der Waals surface area contributed by atoms with E-state index in [0.29, 0.717) is 18.1 Å². The summed E-state index contributed by atoms with van der Waals surface area (Å²) in [6.45, 7) is 6.33. The molecule has 0 bridgehead atoms. The number of nitrogens with one attached hydrogen (secondary N) is 2. The highest BCUT2D eigenvalue weighted by atomic mass is 127. The van der Waals surface area contributed by atoms with E-state index in [-0.39, 0.29) is 24.0 Å². The first-order valence-electron chi connectivity index (χ1n) is 7.06. The Hall–Kier alpha value is -0.510. The summed E-state index contributed by atoms with van der Waals surface area (Å²) < 4.78 is 5.07. The van der Waals surface area contributed by atoms with Gasteiger partial charge in [0.15, 0.2) is 11.8 Å². The van der Waals surface area contributed by atoms with Gasteiger partial charge in [0, 0.05) is 26.1 Å². The van der Waals surface area contributed by atoms with Gasteiger partial charge in [0.2, 0.25) is 5.89 Å². The van der Waals surface area contributed by atoms with Crippen LogP contribution in [0.5, 0.6) is 0 Å². The topological polar surface area (TPSA) is 75.3 Å². The van der Waals surface area contributed by atoms with E-state index in [1.807, 2.05) is 18.7 Å². The average Bonchev–Trinajstić information content (AvgIpc) is 2.84. The maximum atomic E-state index is 5.07. The van der Waals surface area contributed by atoms with Gasteiger partial charge in [-0.3, -0.25) is 4.99 Å². The lowest BCUT2D eigenvalue weighted by atomic mass is 10.3. The summed E-state index contributed by atoms with van der Waals surface area (Å²) in [5, 5.41) is 10.3. The van der Waals surface area contributed by atoms with Crippen molar-refractivity contribution in [2.75, 3.05) is 31.6 Å². The van der Waals surface area contributed by atoms with Crippen molar-refractivity contribution in [2.45, 2.75) is 33.1 Å². The number of hydrogen-bond donors (Lipinski definition) is 2. The maximum absolute atomic E-state index is 5.07. The van der Waals surface area contributed by atoms with Crippen molar-refractivity contribution in [3.63, 3.8) is 0 Å². The van der Waals surface area contributed by atoms with E-state index < -0.39 is 0 Å². The average molecular weight is 427 g/mol. The van der Waals surface area contributed by atoms with Crippen molar-refractivity contribution in [3.8, 4) is 0 Å². The zero-order valence-electron chi connectivity index (χ0n) is 13.0. The molecule has 6 nitrogen and oxygen atoms in total. The molecule has 0 aliphatic rings. The summed E-state index contributed by atoms with van der Waals surface area (Å²) in [6.07, 6.45) is 5.18. The molecule has 1 rings (SSSR count). The monoisotopic (exact) mass is 427 g/mol. The molecule has 0 atom stereocenters. The van der Waals surface area contributed by atoms with Crippen LogP contribution in [0.2, 0.25) is 0 Å². The minimum absolute atomic E-state index is 0. The van der Waals surface area contributed by atoms with Gasteiger partial charge < -0.3 is 15.2 Å². The number of hydrogen-bond acceptors (Lipinski definition) is 5. The van der Waals surface area contributed by atoms with Gasteiger partial charge in [0.1, 0.15) is 0 Å². The molecule has 21 heavy (non-hydrogen) atoms. The largest absolute Gasteiger partial charge is 0.357 e. The predicted octanol–water partition coefficient (Wildman–Crippen LogP) is 2.24. The third-order valence-corrected chi connectivity index (χ3v) is 3.27. The Morgan fingerprint density at radius 2 is 2.14 bits per heavy atom. The second-order valence-corrected chi connectivity index (χ2v) is 5.36. The van der Waals surface area contributed by atoms with E-state index in [0.717, 1.165) is 32.0 Å². The Labute approximate surface area is 148 Å². The van der Waals surface area contributed by atoms with Crippen molar-refractivity contribution < 1.29 is 4.52 Å². The predicted molar refractivity (Wildman–Crippen MR) is 99.8 cm³/mol. The fraction of sp³-hybridized carbons (Fsp3) is 0.769. The van der Waals surface area contributed by atoms with Crippen molar-refractivity contribution in [1.82, 2.24) is 20.8 Å². The lowest BCUT2D eigenvalue weighted by Gasteiger charge is -2.10. The van der Waals surface area contributed by atoms with E-state index in [1.54, 1.807) is 0 Å². The van der Waals surface area contributed by atoms with Gasteiger partial charge in [-0.15, -0.1) is 24.0 Å². The van der Waals surface area contributed by atoms with Gasteiger partial charge >= 0.3 is 0 Å². The summed E-state index contributed by atoms with van der Waals surface area (Å²) in [5.74, 6) is 3.39. The fourth-order valence-electron chi connectivity index (χ4n) is 1.62. The van der Waals surface area contributed by atoms with E-state index in [4.69, 9.17) is 4.52 Å². The van der Waals surface area contributed by atoms with Crippen molar-refractivity contribution in [1.29, 1.82) is 0 Å². The lowest BCUT2D eigenvalue weighted by Crippen LogP contribution is -2.38. The molecular formula is C13H26IN5OS. The second-order valence-electron chi connectivity index (χ2n) is 4.37. The van der Waals surface area contributed by atoms with Gasteiger partial charge in [-0.2, -0.15) is 16.7 Å². The van der Waals surface area contributed by atoms with Crippen molar-refractivity contribution >= 4 is 41.7 Å². The van der Waals surface area contributed by atoms with Crippen LogP contribution in [0.4, 0.5) is 0 Å². The van der Waals surface area contributed by atoms with Crippen LogP contribution in [0, 0.1) is 6.92 Å². The standard InChI is InChI=1S/C13H25N5OS.HI/c1-4-14-13(15-8-5-6-10-20-3)16-9-7-12-17-11(2)18-19-12;/h4-10H2,1-3H3,(H2,14,15,16);1H. The van der Waals surface area contributed by atoms with Crippen LogP contribution in [0.1, 0.15) is 31.5 Å². The molecule has 8 heteroatoms. The number of thioether (sulfide) groups is 1. The number of unbranched alkanes of at least 4 members (excludes halogenated alkanes) is 1. The minimum atomic E-state index is 0. The zero-order chi connectivity index (χ0) is 14.6. The van der Waals surface area contributed by atoms with E-state index in [1.165, 1.54) is 12.2 Å². The number of nitrogens with zero attached hydrogens (tertiary/aromatic N) is 3. The van der Waals surface area contributed by atoms with Gasteiger partial charge in [0.25, 0.3) is 0 Å². The number of guanidine groups is 1. The first-order chi connectivity index (χ1) is 9.76. The highest BCUT2D eigenvalue weighted by molar-refractivity contribution is 14.0. The van der Waals surface area contributed by atoms with Crippen LogP contribution < -0.4 is 10.6 Å². The smallest absolute Gasteiger partial charge is 0.228 e. The number of rotatable bonds is 9. The van der Waals surface area contributed by atoms with Gasteiger partial charge in [-0.05, 0) is 38.7 Å². The fourth-order valence-corrected chi connectivity index (χ4v) is 2.11. The Morgan fingerprint density at radius 1 is 1.33 bits per heavy atom. The van der Waals surface area contributed by atoms with E-state index in [9.17, 15) is 0 Å². The van der Waals surface area contributed by atoms with E-state index >= 15 is 0 Å². The molecule has 0 fully saturated rings. The number of aryl methyl sites for hydroxylation is 1. The molecule has 0 amide bonds. The molecule has 0 saturated heterocycles. The van der Waals surface area contributed by atoms with Crippen LogP contribution in [0.15, 0.2) is 9.52 Å². The molecule has 2 N–H and O–H groups in total. The molecule has 1 heterocycles. The molecule has 0 unspecified atom stereocenters. The second kappa shape index (κ2) is 13.2. The quantitative estimate of drug-likeness (QED) is 0.273. The SMILES string of the molecule is CCNC(=NCCCCSC)NCCc1nc(C)no1.I. The summed E-state index contributed by atoms with van der Waals surface area (Å²) in [5.41, 5.74) is 0. The molecular weight excluding hydrogens is 401 g/mol. The summed E-state index contributed by atoms with van der Waals surface area (Å²) >= 11 is 1.88. The molecule has 1 aromatic heterocycles. The molecule has 0 saturated carbocycles. The Kier molecular flexibility index (Phi) is 12.9. The summed E-state index contributed by atoms with van der Waals surface area (Å²) in [7, 11) is 0. The van der Waals surface area contributed by atoms with Gasteiger partial charge in [-0.1, -0.05) is 5.16 Å². The highest BCUT2D eigenvalue weighted by Crippen LogP contribution is 1.99. The molecule has 1 aromatic rings. The maximum Gasteiger partial charge on any atom is 0.228 e. The Bertz CT molecular complexity index is 400. The van der Waals surface area contributed by atoms with Crippen LogP contribution in [0.25, 0.3) is 0 Å². The Balaban J connectivity index is 0.00000400. The minimum Gasteiger partial charge on any atom is -0.357 e. The van der Waals surface area contributed by atoms with Crippen molar-refractivity contribution in [3.05, 3.63) is 11.7 Å².